The highest BCUT2D eigenvalue weighted by Crippen LogP contribution is 2.42. The van der Waals surface area contributed by atoms with Gasteiger partial charge in [-0.15, -0.1) is 0 Å². The predicted molar refractivity (Wildman–Crippen MR) is 67.6 cm³/mol. The summed E-state index contributed by atoms with van der Waals surface area (Å²) in [6.45, 7) is 5.36. The van der Waals surface area contributed by atoms with Crippen LogP contribution in [0.1, 0.15) is 45.1 Å². The van der Waals surface area contributed by atoms with Gasteiger partial charge in [-0.3, -0.25) is 0 Å². The van der Waals surface area contributed by atoms with E-state index in [4.69, 9.17) is 4.74 Å². The molecule has 1 heterocycles. The molecule has 0 aromatic heterocycles. The number of rotatable bonds is 4. The van der Waals surface area contributed by atoms with Crippen molar-refractivity contribution in [2.75, 3.05) is 6.61 Å². The minimum Gasteiger partial charge on any atom is -0.493 e. The van der Waals surface area contributed by atoms with Crippen molar-refractivity contribution in [3.05, 3.63) is 36.2 Å². The molecule has 1 radical (unpaired) electrons. The SMILES string of the molecule is CCCC1(CCC)[CH]c2ccccc2OC1. The van der Waals surface area contributed by atoms with Crippen molar-refractivity contribution in [3.63, 3.8) is 0 Å². The van der Waals surface area contributed by atoms with Gasteiger partial charge in [-0.1, -0.05) is 44.9 Å². The molecule has 87 valence electrons. The molecule has 1 aromatic carbocycles. The van der Waals surface area contributed by atoms with Crippen LogP contribution in [0.15, 0.2) is 24.3 Å². The normalized spacial score (nSPS) is 17.6. The van der Waals surface area contributed by atoms with Crippen LogP contribution in [-0.2, 0) is 0 Å². The fourth-order valence-electron chi connectivity index (χ4n) is 2.73. The minimum atomic E-state index is 0.276. The van der Waals surface area contributed by atoms with E-state index in [1.807, 2.05) is 6.07 Å². The standard InChI is InChI=1S/C15H21O/c1-3-9-15(10-4-2)11-13-7-5-6-8-14(13)16-12-15/h5-8,11H,3-4,9-10,12H2,1-2H3. The fraction of sp³-hybridized carbons (Fsp3) is 0.533. The van der Waals surface area contributed by atoms with E-state index in [1.165, 1.54) is 31.2 Å². The highest BCUT2D eigenvalue weighted by Gasteiger charge is 2.34. The van der Waals surface area contributed by atoms with Crippen LogP contribution >= 0.6 is 0 Å². The number of ether oxygens (including phenoxy) is 1. The molecule has 1 heteroatoms. The molecular formula is C15H21O. The molecule has 0 N–H and O–H groups in total. The van der Waals surface area contributed by atoms with Gasteiger partial charge in [0.05, 0.1) is 6.61 Å². The van der Waals surface area contributed by atoms with Gasteiger partial charge in [-0.2, -0.15) is 0 Å². The highest BCUT2D eigenvalue weighted by atomic mass is 16.5. The van der Waals surface area contributed by atoms with Crippen LogP contribution in [-0.4, -0.2) is 6.61 Å². The van der Waals surface area contributed by atoms with Crippen molar-refractivity contribution < 1.29 is 4.74 Å². The average Bonchev–Trinajstić information content (AvgIpc) is 2.30. The Morgan fingerprint density at radius 3 is 2.50 bits per heavy atom. The fourth-order valence-corrected chi connectivity index (χ4v) is 2.73. The molecule has 16 heavy (non-hydrogen) atoms. The van der Waals surface area contributed by atoms with Crippen LogP contribution in [0.5, 0.6) is 5.75 Å². The smallest absolute Gasteiger partial charge is 0.122 e. The summed E-state index contributed by atoms with van der Waals surface area (Å²) in [7, 11) is 0. The van der Waals surface area contributed by atoms with Crippen LogP contribution in [0.4, 0.5) is 0 Å². The highest BCUT2D eigenvalue weighted by molar-refractivity contribution is 5.42. The molecule has 0 fully saturated rings. The zero-order chi connectivity index (χ0) is 11.4. The molecule has 0 atom stereocenters. The third kappa shape index (κ3) is 2.23. The van der Waals surface area contributed by atoms with Crippen LogP contribution in [0.2, 0.25) is 0 Å². The number of benzene rings is 1. The average molecular weight is 217 g/mol. The first-order valence-electron chi connectivity index (χ1n) is 6.37. The molecule has 0 saturated heterocycles. The van der Waals surface area contributed by atoms with Gasteiger partial charge in [-0.05, 0) is 24.5 Å². The zero-order valence-electron chi connectivity index (χ0n) is 10.3. The van der Waals surface area contributed by atoms with E-state index in [-0.39, 0.29) is 5.41 Å². The monoisotopic (exact) mass is 217 g/mol. The van der Waals surface area contributed by atoms with Crippen LogP contribution in [0.3, 0.4) is 0 Å². The zero-order valence-corrected chi connectivity index (χ0v) is 10.3. The van der Waals surface area contributed by atoms with Gasteiger partial charge >= 0.3 is 0 Å². The van der Waals surface area contributed by atoms with Gasteiger partial charge in [0.25, 0.3) is 0 Å². The molecule has 0 saturated carbocycles. The topological polar surface area (TPSA) is 9.23 Å². The second-order valence-corrected chi connectivity index (χ2v) is 4.83. The van der Waals surface area contributed by atoms with Gasteiger partial charge in [0.1, 0.15) is 5.75 Å². The summed E-state index contributed by atoms with van der Waals surface area (Å²) < 4.78 is 5.91. The van der Waals surface area contributed by atoms with Gasteiger partial charge in [0, 0.05) is 11.8 Å². The Labute approximate surface area is 98.8 Å². The maximum absolute atomic E-state index is 5.91. The summed E-state index contributed by atoms with van der Waals surface area (Å²) in [5, 5.41) is 0. The Bertz CT molecular complexity index is 337. The lowest BCUT2D eigenvalue weighted by Crippen LogP contribution is -2.33. The number of fused-ring (bicyclic) bond motifs is 1. The summed E-state index contributed by atoms with van der Waals surface area (Å²) in [5.74, 6) is 1.05. The lowest BCUT2D eigenvalue weighted by Gasteiger charge is -2.37. The van der Waals surface area contributed by atoms with Crippen molar-refractivity contribution in [2.24, 2.45) is 5.41 Å². The Hall–Kier alpha value is -0.980. The molecule has 0 aliphatic carbocycles. The van der Waals surface area contributed by atoms with Crippen molar-refractivity contribution in [2.45, 2.75) is 39.5 Å². The molecule has 0 spiro atoms. The quantitative estimate of drug-likeness (QED) is 0.733. The number of hydrogen-bond acceptors (Lipinski definition) is 1. The maximum Gasteiger partial charge on any atom is 0.122 e. The number of para-hydroxylation sites is 1. The molecule has 2 rings (SSSR count). The lowest BCUT2D eigenvalue weighted by molar-refractivity contribution is 0.137. The van der Waals surface area contributed by atoms with Gasteiger partial charge in [-0.25, -0.2) is 0 Å². The van der Waals surface area contributed by atoms with E-state index in [1.54, 1.807) is 0 Å². The van der Waals surface area contributed by atoms with E-state index >= 15 is 0 Å². The van der Waals surface area contributed by atoms with Gasteiger partial charge < -0.3 is 4.74 Å². The van der Waals surface area contributed by atoms with E-state index in [9.17, 15) is 0 Å². The van der Waals surface area contributed by atoms with E-state index in [0.717, 1.165) is 12.4 Å². The Morgan fingerprint density at radius 1 is 1.12 bits per heavy atom. The third-order valence-electron chi connectivity index (χ3n) is 3.39. The van der Waals surface area contributed by atoms with Crippen LogP contribution in [0, 0.1) is 11.8 Å². The second kappa shape index (κ2) is 4.90. The molecule has 1 aliphatic heterocycles. The van der Waals surface area contributed by atoms with Crippen LogP contribution in [0.25, 0.3) is 0 Å². The largest absolute Gasteiger partial charge is 0.493 e. The second-order valence-electron chi connectivity index (χ2n) is 4.83. The predicted octanol–water partition coefficient (Wildman–Crippen LogP) is 4.22. The van der Waals surface area contributed by atoms with Crippen molar-refractivity contribution in [3.8, 4) is 5.75 Å². The Balaban J connectivity index is 2.20. The van der Waals surface area contributed by atoms with E-state index in [2.05, 4.69) is 38.5 Å². The minimum absolute atomic E-state index is 0.276. The molecule has 0 bridgehead atoms. The molecule has 0 amide bonds. The first-order valence-corrected chi connectivity index (χ1v) is 6.37. The molecular weight excluding hydrogens is 196 g/mol. The summed E-state index contributed by atoms with van der Waals surface area (Å²) in [6.07, 6.45) is 7.35. The van der Waals surface area contributed by atoms with E-state index in [0.29, 0.717) is 0 Å². The Kier molecular flexibility index (Phi) is 3.52. The first-order chi connectivity index (χ1) is 7.79. The van der Waals surface area contributed by atoms with Gasteiger partial charge in [0.2, 0.25) is 0 Å². The van der Waals surface area contributed by atoms with E-state index < -0.39 is 0 Å². The first kappa shape index (κ1) is 11.5. The van der Waals surface area contributed by atoms with Crippen LogP contribution < -0.4 is 4.74 Å². The van der Waals surface area contributed by atoms with Crippen molar-refractivity contribution >= 4 is 0 Å². The Morgan fingerprint density at radius 2 is 1.81 bits per heavy atom. The van der Waals surface area contributed by atoms with Crippen molar-refractivity contribution in [1.29, 1.82) is 0 Å². The molecule has 1 aliphatic rings. The molecule has 0 unspecified atom stereocenters. The van der Waals surface area contributed by atoms with Gasteiger partial charge in [0.15, 0.2) is 0 Å². The summed E-state index contributed by atoms with van der Waals surface area (Å²) in [6, 6.07) is 8.36. The third-order valence-corrected chi connectivity index (χ3v) is 3.39. The summed E-state index contributed by atoms with van der Waals surface area (Å²) >= 11 is 0. The maximum atomic E-state index is 5.91. The summed E-state index contributed by atoms with van der Waals surface area (Å²) in [4.78, 5) is 0. The lowest BCUT2D eigenvalue weighted by atomic mass is 9.74. The van der Waals surface area contributed by atoms with Crippen molar-refractivity contribution in [1.82, 2.24) is 0 Å². The summed E-state index contributed by atoms with van der Waals surface area (Å²) in [5.41, 5.74) is 1.55. The molecule has 1 nitrogen and oxygen atoms in total. The number of hydrogen-bond donors (Lipinski definition) is 0. The molecule has 1 aromatic rings.